The SMILES string of the molecule is C=CCNC(=O)CN1CCN(CC(=O)Nc2cc(OCC)c(N3CCOCC3)cc2OCC)CC1. The molecule has 1 aromatic rings. The van der Waals surface area contributed by atoms with Crippen molar-refractivity contribution in [1.82, 2.24) is 15.1 Å². The van der Waals surface area contributed by atoms with Crippen molar-refractivity contribution in [1.29, 1.82) is 0 Å². The second-order valence-electron chi connectivity index (χ2n) is 8.47. The summed E-state index contributed by atoms with van der Waals surface area (Å²) in [6.45, 7) is 15.4. The van der Waals surface area contributed by atoms with E-state index in [-0.39, 0.29) is 18.4 Å². The number of anilines is 2. The van der Waals surface area contributed by atoms with E-state index in [1.54, 1.807) is 6.08 Å². The van der Waals surface area contributed by atoms with Crippen LogP contribution in [0.1, 0.15) is 13.8 Å². The maximum absolute atomic E-state index is 12.9. The van der Waals surface area contributed by atoms with Crippen molar-refractivity contribution in [2.45, 2.75) is 13.8 Å². The zero-order chi connectivity index (χ0) is 25.0. The van der Waals surface area contributed by atoms with Crippen molar-refractivity contribution in [2.75, 3.05) is 95.5 Å². The van der Waals surface area contributed by atoms with Crippen LogP contribution in [0.5, 0.6) is 11.5 Å². The van der Waals surface area contributed by atoms with E-state index in [1.807, 2.05) is 26.0 Å². The molecule has 10 nitrogen and oxygen atoms in total. The van der Waals surface area contributed by atoms with E-state index in [0.29, 0.717) is 51.0 Å². The summed E-state index contributed by atoms with van der Waals surface area (Å²) in [5.74, 6) is 1.23. The van der Waals surface area contributed by atoms with Crippen molar-refractivity contribution >= 4 is 23.2 Å². The third-order valence-electron chi connectivity index (χ3n) is 5.93. The first kappa shape index (κ1) is 26.8. The second kappa shape index (κ2) is 13.9. The number of carbonyl (C=O) groups excluding carboxylic acids is 2. The van der Waals surface area contributed by atoms with Crippen LogP contribution < -0.4 is 25.0 Å². The maximum Gasteiger partial charge on any atom is 0.238 e. The summed E-state index contributed by atoms with van der Waals surface area (Å²) in [4.78, 5) is 31.2. The average Bonchev–Trinajstić information content (AvgIpc) is 2.86. The Labute approximate surface area is 208 Å². The summed E-state index contributed by atoms with van der Waals surface area (Å²) in [7, 11) is 0. The normalized spacial score (nSPS) is 17.0. The van der Waals surface area contributed by atoms with Gasteiger partial charge in [-0.1, -0.05) is 6.08 Å². The smallest absolute Gasteiger partial charge is 0.238 e. The number of rotatable bonds is 12. The number of hydrogen-bond donors (Lipinski definition) is 2. The Kier molecular flexibility index (Phi) is 10.6. The molecule has 2 aliphatic heterocycles. The summed E-state index contributed by atoms with van der Waals surface area (Å²) in [5, 5.41) is 5.82. The topological polar surface area (TPSA) is 95.6 Å². The van der Waals surface area contributed by atoms with E-state index >= 15 is 0 Å². The van der Waals surface area contributed by atoms with E-state index in [0.717, 1.165) is 50.7 Å². The molecule has 2 fully saturated rings. The van der Waals surface area contributed by atoms with Crippen molar-refractivity contribution < 1.29 is 23.8 Å². The summed E-state index contributed by atoms with van der Waals surface area (Å²) in [6.07, 6.45) is 1.67. The van der Waals surface area contributed by atoms with Gasteiger partial charge in [-0.3, -0.25) is 19.4 Å². The van der Waals surface area contributed by atoms with Gasteiger partial charge in [0.05, 0.1) is 50.9 Å². The van der Waals surface area contributed by atoms with Crippen LogP contribution in [-0.2, 0) is 14.3 Å². The molecule has 0 aliphatic carbocycles. The van der Waals surface area contributed by atoms with Crippen molar-refractivity contribution in [3.63, 3.8) is 0 Å². The zero-order valence-electron chi connectivity index (χ0n) is 21.0. The van der Waals surface area contributed by atoms with Crippen molar-refractivity contribution in [2.24, 2.45) is 0 Å². The first-order valence-electron chi connectivity index (χ1n) is 12.4. The lowest BCUT2D eigenvalue weighted by Crippen LogP contribution is -2.51. The highest BCUT2D eigenvalue weighted by molar-refractivity contribution is 5.94. The predicted octanol–water partition coefficient (Wildman–Crippen LogP) is 1.18. The minimum Gasteiger partial charge on any atom is -0.492 e. The van der Waals surface area contributed by atoms with Gasteiger partial charge in [-0.25, -0.2) is 0 Å². The van der Waals surface area contributed by atoms with Gasteiger partial charge >= 0.3 is 0 Å². The number of ether oxygens (including phenoxy) is 3. The van der Waals surface area contributed by atoms with Crippen LogP contribution in [0.3, 0.4) is 0 Å². The van der Waals surface area contributed by atoms with Gasteiger partial charge < -0.3 is 29.7 Å². The first-order chi connectivity index (χ1) is 17.0. The number of nitrogens with one attached hydrogen (secondary N) is 2. The van der Waals surface area contributed by atoms with Crippen molar-refractivity contribution in [3.8, 4) is 11.5 Å². The third-order valence-corrected chi connectivity index (χ3v) is 5.93. The molecule has 2 N–H and O–H groups in total. The maximum atomic E-state index is 12.9. The number of hydrogen-bond acceptors (Lipinski definition) is 8. The van der Waals surface area contributed by atoms with E-state index in [9.17, 15) is 9.59 Å². The molecule has 35 heavy (non-hydrogen) atoms. The number of nitrogens with zero attached hydrogens (tertiary/aromatic N) is 3. The number of carbonyl (C=O) groups is 2. The summed E-state index contributed by atoms with van der Waals surface area (Å²) >= 11 is 0. The van der Waals surface area contributed by atoms with Crippen LogP contribution in [-0.4, -0.2) is 107 Å². The minimum absolute atomic E-state index is 0.00910. The molecule has 0 spiro atoms. The predicted molar refractivity (Wildman–Crippen MR) is 137 cm³/mol. The molecule has 2 heterocycles. The van der Waals surface area contributed by atoms with Crippen molar-refractivity contribution in [3.05, 3.63) is 24.8 Å². The Balaban J connectivity index is 1.60. The van der Waals surface area contributed by atoms with Gasteiger partial charge in [0, 0.05) is 57.9 Å². The van der Waals surface area contributed by atoms with E-state index in [4.69, 9.17) is 14.2 Å². The molecule has 10 heteroatoms. The molecule has 2 aliphatic rings. The number of piperazine rings is 1. The molecule has 3 rings (SSSR count). The Bertz CT molecular complexity index is 851. The molecule has 0 radical (unpaired) electrons. The highest BCUT2D eigenvalue weighted by Crippen LogP contribution is 2.39. The van der Waals surface area contributed by atoms with Crippen LogP contribution in [0.4, 0.5) is 11.4 Å². The molecular weight excluding hydrogens is 450 g/mol. The van der Waals surface area contributed by atoms with E-state index < -0.39 is 0 Å². The molecular formula is C25H39N5O5. The second-order valence-corrected chi connectivity index (χ2v) is 8.47. The minimum atomic E-state index is -0.107. The van der Waals surface area contributed by atoms with Crippen LogP contribution in [0.2, 0.25) is 0 Å². The first-order valence-corrected chi connectivity index (χ1v) is 12.4. The van der Waals surface area contributed by atoms with Crippen LogP contribution in [0, 0.1) is 0 Å². The average molecular weight is 490 g/mol. The Morgan fingerprint density at radius 2 is 1.54 bits per heavy atom. The monoisotopic (exact) mass is 489 g/mol. The molecule has 0 unspecified atom stereocenters. The quantitative estimate of drug-likeness (QED) is 0.423. The van der Waals surface area contributed by atoms with Gasteiger partial charge in [-0.15, -0.1) is 6.58 Å². The molecule has 2 saturated heterocycles. The highest BCUT2D eigenvalue weighted by atomic mass is 16.5. The molecule has 0 atom stereocenters. The third kappa shape index (κ3) is 8.12. The molecule has 2 amide bonds. The Hall–Kier alpha value is -2.82. The lowest BCUT2D eigenvalue weighted by Gasteiger charge is -2.34. The zero-order valence-corrected chi connectivity index (χ0v) is 21.0. The van der Waals surface area contributed by atoms with Gasteiger partial charge in [0.2, 0.25) is 11.8 Å². The highest BCUT2D eigenvalue weighted by Gasteiger charge is 2.23. The molecule has 0 saturated carbocycles. The van der Waals surface area contributed by atoms with Gasteiger partial charge in [-0.05, 0) is 13.8 Å². The Morgan fingerprint density at radius 3 is 2.14 bits per heavy atom. The molecule has 194 valence electrons. The standard InChI is InChI=1S/C25H39N5O5/c1-4-7-26-24(31)18-28-8-10-29(11-9-28)19-25(32)27-20-16-23(35-6-3)21(17-22(20)34-5-2)30-12-14-33-15-13-30/h4,16-17H,1,5-15,18-19H2,2-3H3,(H,26,31)(H,27,32). The number of amides is 2. The van der Waals surface area contributed by atoms with Crippen LogP contribution in [0.25, 0.3) is 0 Å². The van der Waals surface area contributed by atoms with Crippen LogP contribution in [0.15, 0.2) is 24.8 Å². The summed E-state index contributed by atoms with van der Waals surface area (Å²) < 4.78 is 17.3. The Morgan fingerprint density at radius 1 is 0.943 bits per heavy atom. The number of benzene rings is 1. The van der Waals surface area contributed by atoms with Gasteiger partial charge in [0.15, 0.2) is 0 Å². The fraction of sp³-hybridized carbons (Fsp3) is 0.600. The fourth-order valence-corrected chi connectivity index (χ4v) is 4.19. The molecule has 0 bridgehead atoms. The molecule has 1 aromatic carbocycles. The summed E-state index contributed by atoms with van der Waals surface area (Å²) in [6, 6.07) is 3.81. The summed E-state index contributed by atoms with van der Waals surface area (Å²) in [5.41, 5.74) is 1.56. The van der Waals surface area contributed by atoms with Gasteiger partial charge in [0.1, 0.15) is 11.5 Å². The van der Waals surface area contributed by atoms with Gasteiger partial charge in [0.25, 0.3) is 0 Å². The van der Waals surface area contributed by atoms with Gasteiger partial charge in [-0.2, -0.15) is 0 Å². The largest absolute Gasteiger partial charge is 0.492 e. The number of morpholine rings is 1. The van der Waals surface area contributed by atoms with E-state index in [2.05, 4.69) is 31.9 Å². The molecule has 0 aromatic heterocycles. The fourth-order valence-electron chi connectivity index (χ4n) is 4.19. The van der Waals surface area contributed by atoms with Crippen LogP contribution >= 0.6 is 0 Å². The van der Waals surface area contributed by atoms with E-state index in [1.165, 1.54) is 0 Å². The lowest BCUT2D eigenvalue weighted by molar-refractivity contribution is -0.123. The lowest BCUT2D eigenvalue weighted by atomic mass is 10.2.